The first-order chi connectivity index (χ1) is 11.1. The van der Waals surface area contributed by atoms with Crippen LogP contribution in [0.3, 0.4) is 0 Å². The molecule has 0 aromatic rings. The summed E-state index contributed by atoms with van der Waals surface area (Å²) in [4.78, 5) is 0. The Morgan fingerprint density at radius 1 is 0.609 bits per heavy atom. The summed E-state index contributed by atoms with van der Waals surface area (Å²) in [5.74, 6) is 0. The van der Waals surface area contributed by atoms with Crippen LogP contribution in [0.25, 0.3) is 0 Å². The Bertz CT molecular complexity index is 228. The number of ether oxygens (including phenoxy) is 1. The predicted molar refractivity (Wildman–Crippen MR) is 103 cm³/mol. The van der Waals surface area contributed by atoms with Crippen molar-refractivity contribution in [3.8, 4) is 0 Å². The topological polar surface area (TPSA) is 9.23 Å². The van der Waals surface area contributed by atoms with E-state index in [0.717, 1.165) is 17.6 Å². The van der Waals surface area contributed by atoms with Gasteiger partial charge in [0, 0.05) is 0 Å². The van der Waals surface area contributed by atoms with Gasteiger partial charge in [-0.3, -0.25) is 0 Å². The summed E-state index contributed by atoms with van der Waals surface area (Å²) >= 11 is 0. The molecule has 0 aliphatic heterocycles. The maximum atomic E-state index is 4.94. The molecule has 0 unspecified atom stereocenters. The minimum Gasteiger partial charge on any atom is -0.551 e. The van der Waals surface area contributed by atoms with Crippen molar-refractivity contribution in [2.24, 2.45) is 0 Å². The van der Waals surface area contributed by atoms with Crippen molar-refractivity contribution in [1.29, 1.82) is 0 Å². The Labute approximate surface area is 147 Å². The van der Waals surface area contributed by atoms with Gasteiger partial charge in [0.25, 0.3) is 0 Å². The second-order valence-corrected chi connectivity index (χ2v) is 7.89. The fraction of sp³-hybridized carbons (Fsp3) is 0.952. The third-order valence-corrected chi connectivity index (χ3v) is 4.96. The lowest BCUT2D eigenvalue weighted by Gasteiger charge is -2.30. The average Bonchev–Trinajstić information content (AvgIpc) is 2.53. The van der Waals surface area contributed by atoms with E-state index in [1.807, 2.05) is 0 Å². The van der Waals surface area contributed by atoms with Crippen molar-refractivity contribution in [2.75, 3.05) is 33.8 Å². The Morgan fingerprint density at radius 3 is 1.39 bits per heavy atom. The maximum absolute atomic E-state index is 4.94. The van der Waals surface area contributed by atoms with Crippen LogP contribution in [0.5, 0.6) is 0 Å². The van der Waals surface area contributed by atoms with Gasteiger partial charge in [0.05, 0.1) is 33.8 Å². The van der Waals surface area contributed by atoms with Crippen LogP contribution in [0.2, 0.25) is 0 Å². The lowest BCUT2D eigenvalue weighted by molar-refractivity contribution is -0.890. The van der Waals surface area contributed by atoms with E-state index in [9.17, 15) is 0 Å². The van der Waals surface area contributed by atoms with Crippen LogP contribution in [0.1, 0.15) is 96.8 Å². The zero-order chi connectivity index (χ0) is 17.2. The van der Waals surface area contributed by atoms with Crippen LogP contribution in [0.4, 0.5) is 0 Å². The third kappa shape index (κ3) is 18.1. The standard InChI is InChI=1S/C21H45NO/c1-5-6-7-8-9-10-11-12-13-14-15-16-17-18-19-22(2,3)20-21-23-4/h4-21H2,1-3H3. The fourth-order valence-electron chi connectivity index (χ4n) is 3.16. The van der Waals surface area contributed by atoms with Gasteiger partial charge in [-0.25, -0.2) is 7.11 Å². The number of hydrogen-bond acceptors (Lipinski definition) is 1. The van der Waals surface area contributed by atoms with Gasteiger partial charge in [-0.05, 0) is 12.8 Å². The van der Waals surface area contributed by atoms with Crippen LogP contribution in [-0.2, 0) is 4.74 Å². The van der Waals surface area contributed by atoms with E-state index in [1.165, 1.54) is 96.4 Å². The molecule has 0 fully saturated rings. The number of hydrogen-bond donors (Lipinski definition) is 0. The molecule has 0 atom stereocenters. The monoisotopic (exact) mass is 327 g/mol. The van der Waals surface area contributed by atoms with Crippen LogP contribution in [0.15, 0.2) is 0 Å². The van der Waals surface area contributed by atoms with Gasteiger partial charge < -0.3 is 9.22 Å². The van der Waals surface area contributed by atoms with E-state index < -0.39 is 0 Å². The first-order valence-corrected chi connectivity index (χ1v) is 10.3. The molecule has 0 N–H and O–H groups in total. The smallest absolute Gasteiger partial charge is 0.0990 e. The highest BCUT2D eigenvalue weighted by Crippen LogP contribution is 2.13. The SMILES string of the molecule is [CH2-]OCC[N+](C)(C)CCCCCCCCCCCCCCCC. The Hall–Kier alpha value is -0.0800. The Kier molecular flexibility index (Phi) is 16.7. The molecule has 0 saturated heterocycles. The molecule has 0 bridgehead atoms. The summed E-state index contributed by atoms with van der Waals surface area (Å²) in [6.45, 7) is 5.40. The minimum atomic E-state index is 0.769. The highest BCUT2D eigenvalue weighted by molar-refractivity contribution is 4.49. The molecule has 2 heteroatoms. The predicted octanol–water partition coefficient (Wildman–Crippen LogP) is 6.35. The fourth-order valence-corrected chi connectivity index (χ4v) is 3.16. The van der Waals surface area contributed by atoms with Crippen molar-refractivity contribution < 1.29 is 9.22 Å². The van der Waals surface area contributed by atoms with Gasteiger partial charge in [-0.2, -0.15) is 0 Å². The number of nitrogens with zero attached hydrogens (tertiary/aromatic N) is 1. The molecule has 0 aliphatic rings. The van der Waals surface area contributed by atoms with Crippen molar-refractivity contribution in [1.82, 2.24) is 0 Å². The molecule has 0 aromatic heterocycles. The van der Waals surface area contributed by atoms with Gasteiger partial charge in [0.15, 0.2) is 0 Å². The molecule has 0 spiro atoms. The average molecular weight is 328 g/mol. The van der Waals surface area contributed by atoms with Crippen LogP contribution >= 0.6 is 0 Å². The minimum absolute atomic E-state index is 0.769. The molecule has 0 rings (SSSR count). The molecular formula is C21H45NO. The summed E-state index contributed by atoms with van der Waals surface area (Å²) in [5, 5.41) is 0. The van der Waals surface area contributed by atoms with Crippen molar-refractivity contribution in [3.63, 3.8) is 0 Å². The quantitative estimate of drug-likeness (QED) is 0.162. The lowest BCUT2D eigenvalue weighted by atomic mass is 10.0. The van der Waals surface area contributed by atoms with E-state index in [0.29, 0.717) is 0 Å². The summed E-state index contributed by atoms with van der Waals surface area (Å²) in [5.41, 5.74) is 0. The summed E-state index contributed by atoms with van der Waals surface area (Å²) in [7, 11) is 8.04. The van der Waals surface area contributed by atoms with E-state index >= 15 is 0 Å². The van der Waals surface area contributed by atoms with Gasteiger partial charge >= 0.3 is 0 Å². The summed E-state index contributed by atoms with van der Waals surface area (Å²) in [6, 6.07) is 0. The second kappa shape index (κ2) is 16.8. The highest BCUT2D eigenvalue weighted by Gasteiger charge is 2.12. The van der Waals surface area contributed by atoms with Crippen molar-refractivity contribution >= 4 is 0 Å². The molecular weight excluding hydrogens is 282 g/mol. The van der Waals surface area contributed by atoms with E-state index in [1.54, 1.807) is 0 Å². The molecule has 0 saturated carbocycles. The first-order valence-electron chi connectivity index (χ1n) is 10.3. The third-order valence-electron chi connectivity index (χ3n) is 4.96. The van der Waals surface area contributed by atoms with Crippen LogP contribution in [0, 0.1) is 7.11 Å². The molecule has 0 aliphatic carbocycles. The Balaban J connectivity index is 3.16. The molecule has 140 valence electrons. The molecule has 0 aromatic carbocycles. The molecule has 2 nitrogen and oxygen atoms in total. The number of rotatable bonds is 18. The normalized spacial score (nSPS) is 12.0. The zero-order valence-corrected chi connectivity index (χ0v) is 16.6. The van der Waals surface area contributed by atoms with Crippen molar-refractivity contribution in [3.05, 3.63) is 7.11 Å². The van der Waals surface area contributed by atoms with E-state index in [4.69, 9.17) is 4.74 Å². The highest BCUT2D eigenvalue weighted by atomic mass is 16.5. The molecule has 0 heterocycles. The maximum Gasteiger partial charge on any atom is 0.0990 e. The van der Waals surface area contributed by atoms with Crippen LogP contribution < -0.4 is 0 Å². The number of quaternary nitrogens is 1. The van der Waals surface area contributed by atoms with Crippen LogP contribution in [-0.4, -0.2) is 38.3 Å². The zero-order valence-electron chi connectivity index (χ0n) is 16.6. The number of unbranched alkanes of at least 4 members (excludes halogenated alkanes) is 13. The first kappa shape index (κ1) is 22.9. The van der Waals surface area contributed by atoms with Gasteiger partial charge in [0.2, 0.25) is 0 Å². The molecule has 0 radical (unpaired) electrons. The largest absolute Gasteiger partial charge is 0.551 e. The van der Waals surface area contributed by atoms with Crippen molar-refractivity contribution in [2.45, 2.75) is 96.8 Å². The molecule has 0 amide bonds. The Morgan fingerprint density at radius 2 is 1.00 bits per heavy atom. The summed E-state index contributed by atoms with van der Waals surface area (Å²) < 4.78 is 6.00. The second-order valence-electron chi connectivity index (χ2n) is 7.89. The van der Waals surface area contributed by atoms with Gasteiger partial charge in [0.1, 0.15) is 0 Å². The number of likely N-dealkylation sites (N-methyl/N-ethyl adjacent to an activating group) is 1. The van der Waals surface area contributed by atoms with E-state index in [-0.39, 0.29) is 0 Å². The van der Waals surface area contributed by atoms with E-state index in [2.05, 4.69) is 28.1 Å². The lowest BCUT2D eigenvalue weighted by Crippen LogP contribution is -2.42. The summed E-state index contributed by atoms with van der Waals surface area (Å²) in [6.07, 6.45) is 20.1. The van der Waals surface area contributed by atoms with Gasteiger partial charge in [-0.15, -0.1) is 0 Å². The van der Waals surface area contributed by atoms with Gasteiger partial charge in [-0.1, -0.05) is 84.0 Å². The molecule has 23 heavy (non-hydrogen) atoms.